The number of thioether (sulfide) groups is 1. The van der Waals surface area contributed by atoms with Crippen LogP contribution in [0.25, 0.3) is 6.08 Å². The molecular formula is C30H21BrCl2N4O4S. The zero-order chi connectivity index (χ0) is 29.5. The maximum atomic E-state index is 13.5. The van der Waals surface area contributed by atoms with E-state index < -0.39 is 0 Å². The molecular weight excluding hydrogens is 663 g/mol. The second kappa shape index (κ2) is 13.9. The van der Waals surface area contributed by atoms with Crippen LogP contribution in [0.3, 0.4) is 0 Å². The van der Waals surface area contributed by atoms with Gasteiger partial charge in [0.1, 0.15) is 11.5 Å². The minimum atomic E-state index is -0.345. The predicted octanol–water partition coefficient (Wildman–Crippen LogP) is 7.87. The van der Waals surface area contributed by atoms with Crippen LogP contribution in [0.15, 0.2) is 109 Å². The van der Waals surface area contributed by atoms with E-state index in [1.165, 1.54) is 16.7 Å². The summed E-state index contributed by atoms with van der Waals surface area (Å²) in [6.45, 7) is -0.0591. The van der Waals surface area contributed by atoms with Crippen LogP contribution in [0.1, 0.15) is 16.9 Å². The Hall–Kier alpha value is -3.83. The van der Waals surface area contributed by atoms with E-state index in [4.69, 9.17) is 32.4 Å². The molecule has 2 heterocycles. The van der Waals surface area contributed by atoms with Crippen molar-refractivity contribution in [3.05, 3.63) is 121 Å². The Balaban J connectivity index is 1.36. The number of hydrogen-bond donors (Lipinski definition) is 1. The maximum absolute atomic E-state index is 13.5. The lowest BCUT2D eigenvalue weighted by Gasteiger charge is -2.13. The summed E-state index contributed by atoms with van der Waals surface area (Å²) in [7, 11) is 0. The number of benzene rings is 3. The molecule has 1 saturated heterocycles. The Morgan fingerprint density at radius 1 is 1.05 bits per heavy atom. The number of carbonyl (C=O) groups is 2. The van der Waals surface area contributed by atoms with Crippen LogP contribution in [-0.4, -0.2) is 34.7 Å². The first-order valence-corrected chi connectivity index (χ1v) is 14.8. The van der Waals surface area contributed by atoms with Crippen molar-refractivity contribution in [3.63, 3.8) is 0 Å². The molecule has 1 fully saturated rings. The minimum Gasteiger partial charge on any atom is -0.483 e. The van der Waals surface area contributed by atoms with Gasteiger partial charge in [0.15, 0.2) is 11.8 Å². The number of halogens is 3. The fourth-order valence-corrected chi connectivity index (χ4v) is 5.31. The van der Waals surface area contributed by atoms with Gasteiger partial charge in [-0.1, -0.05) is 51.3 Å². The first-order valence-electron chi connectivity index (χ1n) is 12.4. The van der Waals surface area contributed by atoms with Crippen molar-refractivity contribution in [3.8, 4) is 5.75 Å². The lowest BCUT2D eigenvalue weighted by molar-refractivity contribution is -0.122. The Morgan fingerprint density at radius 2 is 1.79 bits per heavy atom. The summed E-state index contributed by atoms with van der Waals surface area (Å²) in [6, 6.07) is 22.8. The molecule has 1 aromatic heterocycles. The molecule has 1 aliphatic heterocycles. The predicted molar refractivity (Wildman–Crippen MR) is 171 cm³/mol. The van der Waals surface area contributed by atoms with Crippen molar-refractivity contribution < 1.29 is 18.7 Å². The Bertz CT molecular complexity index is 1670. The van der Waals surface area contributed by atoms with E-state index in [1.54, 1.807) is 85.3 Å². The van der Waals surface area contributed by atoms with Crippen LogP contribution in [0.4, 0.5) is 5.69 Å². The molecule has 0 atom stereocenters. The molecule has 0 bridgehead atoms. The summed E-state index contributed by atoms with van der Waals surface area (Å²) in [5.41, 5.74) is 2.01. The highest BCUT2D eigenvalue weighted by molar-refractivity contribution is 9.10. The van der Waals surface area contributed by atoms with Gasteiger partial charge in [-0.25, -0.2) is 0 Å². The summed E-state index contributed by atoms with van der Waals surface area (Å²) in [5, 5.41) is 12.8. The van der Waals surface area contributed by atoms with E-state index in [9.17, 15) is 9.59 Å². The van der Waals surface area contributed by atoms with Gasteiger partial charge in [-0.2, -0.15) is 5.10 Å². The van der Waals surface area contributed by atoms with E-state index >= 15 is 0 Å². The Morgan fingerprint density at radius 3 is 2.50 bits per heavy atom. The number of carbonyl (C=O) groups excluding carboxylic acids is 2. The highest BCUT2D eigenvalue weighted by atomic mass is 79.9. The monoisotopic (exact) mass is 682 g/mol. The number of amides is 2. The van der Waals surface area contributed by atoms with Crippen molar-refractivity contribution in [2.75, 3.05) is 11.9 Å². The zero-order valence-electron chi connectivity index (χ0n) is 21.7. The normalized spacial score (nSPS) is 15.2. The van der Waals surface area contributed by atoms with E-state index in [1.807, 2.05) is 12.1 Å². The number of nitrogens with zero attached hydrogens (tertiary/aromatic N) is 3. The van der Waals surface area contributed by atoms with Gasteiger partial charge < -0.3 is 14.5 Å². The number of nitrogens with one attached hydrogen (secondary N) is 1. The molecule has 42 heavy (non-hydrogen) atoms. The van der Waals surface area contributed by atoms with Crippen molar-refractivity contribution in [1.29, 1.82) is 0 Å². The Kier molecular flexibility index (Phi) is 9.81. The molecule has 8 nitrogen and oxygen atoms in total. The van der Waals surface area contributed by atoms with Gasteiger partial charge in [0.05, 0.1) is 23.9 Å². The quantitative estimate of drug-likeness (QED) is 0.110. The summed E-state index contributed by atoms with van der Waals surface area (Å²) in [4.78, 5) is 27.9. The molecule has 0 saturated carbocycles. The number of amidine groups is 1. The average Bonchev–Trinajstić information content (AvgIpc) is 3.59. The van der Waals surface area contributed by atoms with Gasteiger partial charge in [-0.05, 0) is 90.1 Å². The van der Waals surface area contributed by atoms with E-state index in [0.29, 0.717) is 42.9 Å². The fourth-order valence-electron chi connectivity index (χ4n) is 3.75. The first-order chi connectivity index (χ1) is 20.3. The summed E-state index contributed by atoms with van der Waals surface area (Å²) in [6.07, 6.45) is 4.82. The molecule has 0 radical (unpaired) electrons. The van der Waals surface area contributed by atoms with Crippen molar-refractivity contribution >= 4 is 85.9 Å². The molecule has 212 valence electrons. The minimum absolute atomic E-state index is 0.179. The van der Waals surface area contributed by atoms with Crippen LogP contribution in [0.5, 0.6) is 5.75 Å². The Labute approximate surface area is 264 Å². The number of ether oxygens (including phenoxy) is 1. The highest BCUT2D eigenvalue weighted by Gasteiger charge is 2.34. The van der Waals surface area contributed by atoms with E-state index in [-0.39, 0.29) is 25.0 Å². The molecule has 5 rings (SSSR count). The van der Waals surface area contributed by atoms with Gasteiger partial charge in [-0.15, -0.1) is 5.10 Å². The molecule has 12 heteroatoms. The third kappa shape index (κ3) is 7.92. The third-order valence-electron chi connectivity index (χ3n) is 5.75. The summed E-state index contributed by atoms with van der Waals surface area (Å²) >= 11 is 16.5. The van der Waals surface area contributed by atoms with Crippen molar-refractivity contribution in [1.82, 2.24) is 4.90 Å². The number of anilines is 1. The molecule has 1 aliphatic rings. The summed E-state index contributed by atoms with van der Waals surface area (Å²) in [5.74, 6) is 0.401. The van der Waals surface area contributed by atoms with Gasteiger partial charge >= 0.3 is 0 Å². The summed E-state index contributed by atoms with van der Waals surface area (Å²) < 4.78 is 12.1. The third-order valence-corrected chi connectivity index (χ3v) is 7.74. The lowest BCUT2D eigenvalue weighted by atomic mass is 10.2. The number of rotatable bonds is 9. The SMILES string of the molecule is O=C(COc1ccc(Br)cc1/C=C1\S/C(=N/N=C\c2ccc(Cl)cc2)N(Cc2ccco2)C1=O)Nc1ccc(Cl)cc1. The maximum Gasteiger partial charge on any atom is 0.267 e. The molecule has 2 amide bonds. The first kappa shape index (κ1) is 29.7. The van der Waals surface area contributed by atoms with Crippen molar-refractivity contribution in [2.45, 2.75) is 6.54 Å². The van der Waals surface area contributed by atoms with Gasteiger partial charge in [0, 0.05) is 25.8 Å². The van der Waals surface area contributed by atoms with E-state index in [2.05, 4.69) is 31.4 Å². The van der Waals surface area contributed by atoms with E-state index in [0.717, 1.165) is 10.0 Å². The topological polar surface area (TPSA) is 96.5 Å². The second-order valence-corrected chi connectivity index (χ2v) is 11.6. The van der Waals surface area contributed by atoms with Gasteiger partial charge in [0.2, 0.25) is 0 Å². The van der Waals surface area contributed by atoms with Crippen LogP contribution in [0.2, 0.25) is 10.0 Å². The van der Waals surface area contributed by atoms with Crippen LogP contribution >= 0.6 is 50.9 Å². The highest BCUT2D eigenvalue weighted by Crippen LogP contribution is 2.36. The molecule has 0 spiro atoms. The molecule has 1 N–H and O–H groups in total. The standard InChI is InChI=1S/C30H21BrCl2N4O4S/c31-21-5-12-26(41-18-28(38)35-24-10-8-23(33)9-11-24)20(14-21)15-27-29(39)37(17-25-2-1-13-40-25)30(42-27)36-34-16-19-3-6-22(32)7-4-19/h1-16H,17-18H2,(H,35,38)/b27-15-,34-16-,36-30+. The molecule has 0 unspecified atom stereocenters. The van der Waals surface area contributed by atoms with Crippen molar-refractivity contribution in [2.24, 2.45) is 10.2 Å². The molecule has 4 aromatic rings. The van der Waals surface area contributed by atoms with Gasteiger partial charge in [-0.3, -0.25) is 14.5 Å². The number of hydrogen-bond acceptors (Lipinski definition) is 7. The van der Waals surface area contributed by atoms with Crippen LogP contribution in [-0.2, 0) is 16.1 Å². The van der Waals surface area contributed by atoms with Gasteiger partial charge in [0.25, 0.3) is 11.8 Å². The average molecular weight is 684 g/mol. The largest absolute Gasteiger partial charge is 0.483 e. The molecule has 0 aliphatic carbocycles. The lowest BCUT2D eigenvalue weighted by Crippen LogP contribution is -2.28. The van der Waals surface area contributed by atoms with Crippen LogP contribution in [0, 0.1) is 0 Å². The smallest absolute Gasteiger partial charge is 0.267 e. The fraction of sp³-hybridized carbons (Fsp3) is 0.0667. The number of furan rings is 1. The zero-order valence-corrected chi connectivity index (χ0v) is 25.6. The second-order valence-electron chi connectivity index (χ2n) is 8.79. The van der Waals surface area contributed by atoms with Crippen LogP contribution < -0.4 is 10.1 Å². The molecule has 3 aromatic carbocycles.